The van der Waals surface area contributed by atoms with Crippen molar-refractivity contribution in [1.29, 1.82) is 0 Å². The first-order valence-electron chi connectivity index (χ1n) is 8.95. The topological polar surface area (TPSA) is 95.5 Å². The highest BCUT2D eigenvalue weighted by molar-refractivity contribution is 5.73. The molecule has 1 fully saturated rings. The Kier molecular flexibility index (Phi) is 3.19. The van der Waals surface area contributed by atoms with E-state index in [9.17, 15) is 4.79 Å². The maximum Gasteiger partial charge on any atom is 0.263 e. The molecule has 1 atom stereocenters. The summed E-state index contributed by atoms with van der Waals surface area (Å²) in [5, 5.41) is 7.20. The number of imidazole rings is 1. The van der Waals surface area contributed by atoms with E-state index in [4.69, 9.17) is 4.98 Å². The normalized spacial score (nSPS) is 20.4. The predicted octanol–water partition coefficient (Wildman–Crippen LogP) is 1.48. The van der Waals surface area contributed by atoms with E-state index in [1.54, 1.807) is 0 Å². The Bertz CT molecular complexity index is 998. The minimum absolute atomic E-state index is 0.145. The molecule has 0 amide bonds. The lowest BCUT2D eigenvalue weighted by atomic mass is 10.0. The van der Waals surface area contributed by atoms with E-state index in [0.717, 1.165) is 38.2 Å². The summed E-state index contributed by atoms with van der Waals surface area (Å²) in [4.78, 5) is 26.6. The molecule has 0 spiro atoms. The fourth-order valence-electron chi connectivity index (χ4n) is 4.31. The first-order valence-corrected chi connectivity index (χ1v) is 8.95. The van der Waals surface area contributed by atoms with Crippen molar-refractivity contribution < 1.29 is 0 Å². The van der Waals surface area contributed by atoms with Gasteiger partial charge in [-0.2, -0.15) is 10.1 Å². The van der Waals surface area contributed by atoms with Gasteiger partial charge in [-0.25, -0.2) is 4.98 Å². The first-order chi connectivity index (χ1) is 12.2. The lowest BCUT2D eigenvalue weighted by Crippen LogP contribution is -2.26. The summed E-state index contributed by atoms with van der Waals surface area (Å²) in [6.45, 7) is 3.82. The lowest BCUT2D eigenvalue weighted by molar-refractivity contribution is 0.504. The van der Waals surface area contributed by atoms with Crippen molar-refractivity contribution >= 4 is 17.0 Å². The second-order valence-corrected chi connectivity index (χ2v) is 7.04. The molecular weight excluding hydrogens is 318 g/mol. The molecule has 3 aromatic rings. The van der Waals surface area contributed by atoms with Gasteiger partial charge in [0.05, 0.1) is 17.9 Å². The van der Waals surface area contributed by atoms with Crippen LogP contribution < -0.4 is 10.5 Å². The second kappa shape index (κ2) is 5.44. The smallest absolute Gasteiger partial charge is 0.263 e. The van der Waals surface area contributed by atoms with Gasteiger partial charge in [-0.15, -0.1) is 0 Å². The number of aromatic amines is 2. The zero-order chi connectivity index (χ0) is 17.0. The van der Waals surface area contributed by atoms with Gasteiger partial charge in [0.15, 0.2) is 5.65 Å². The minimum atomic E-state index is -0.145. The standard InChI is InChI=1S/C17H21N7O/c1-10-19-13-4-2-3-5-14(13)24(10)11-6-7-23(9-11)17-20-15-12(8-18-22-15)16(25)21-17/h8,11H,2-7,9H2,1H3,(H2,18,20,21,22,25). The molecule has 0 bridgehead atoms. The molecule has 2 aliphatic rings. The zero-order valence-electron chi connectivity index (χ0n) is 14.2. The third kappa shape index (κ3) is 2.27. The van der Waals surface area contributed by atoms with Gasteiger partial charge in [-0.3, -0.25) is 14.9 Å². The van der Waals surface area contributed by atoms with Crippen LogP contribution >= 0.6 is 0 Å². The molecule has 25 heavy (non-hydrogen) atoms. The molecule has 4 heterocycles. The second-order valence-electron chi connectivity index (χ2n) is 7.04. The van der Waals surface area contributed by atoms with Crippen LogP contribution in [-0.2, 0) is 12.8 Å². The van der Waals surface area contributed by atoms with Crippen LogP contribution in [0, 0.1) is 6.92 Å². The molecule has 8 heteroatoms. The summed E-state index contributed by atoms with van der Waals surface area (Å²) in [7, 11) is 0. The lowest BCUT2D eigenvalue weighted by Gasteiger charge is -2.21. The molecule has 1 unspecified atom stereocenters. The highest BCUT2D eigenvalue weighted by atomic mass is 16.1. The zero-order valence-corrected chi connectivity index (χ0v) is 14.2. The van der Waals surface area contributed by atoms with Crippen molar-refractivity contribution in [2.24, 2.45) is 0 Å². The van der Waals surface area contributed by atoms with E-state index in [0.29, 0.717) is 23.0 Å². The molecule has 0 radical (unpaired) electrons. The number of nitrogens with zero attached hydrogens (tertiary/aromatic N) is 5. The molecule has 1 saturated heterocycles. The van der Waals surface area contributed by atoms with Crippen LogP contribution in [0.4, 0.5) is 5.95 Å². The summed E-state index contributed by atoms with van der Waals surface area (Å²) in [6, 6.07) is 0.386. The van der Waals surface area contributed by atoms with Gasteiger partial charge in [-0.1, -0.05) is 0 Å². The molecule has 0 aromatic carbocycles. The maximum absolute atomic E-state index is 12.2. The van der Waals surface area contributed by atoms with Gasteiger partial charge in [0, 0.05) is 18.8 Å². The van der Waals surface area contributed by atoms with E-state index in [1.165, 1.54) is 30.4 Å². The number of nitrogens with one attached hydrogen (secondary N) is 2. The third-order valence-electron chi connectivity index (χ3n) is 5.48. The molecule has 1 aliphatic carbocycles. The monoisotopic (exact) mass is 339 g/mol. The van der Waals surface area contributed by atoms with Crippen molar-refractivity contribution in [3.05, 3.63) is 33.8 Å². The Morgan fingerprint density at radius 1 is 1.24 bits per heavy atom. The molecule has 0 saturated carbocycles. The number of H-pyrrole nitrogens is 2. The van der Waals surface area contributed by atoms with Crippen LogP contribution in [0.25, 0.3) is 11.0 Å². The van der Waals surface area contributed by atoms with Crippen LogP contribution in [0.3, 0.4) is 0 Å². The Morgan fingerprint density at radius 2 is 2.12 bits per heavy atom. The van der Waals surface area contributed by atoms with E-state index in [-0.39, 0.29) is 5.56 Å². The van der Waals surface area contributed by atoms with Crippen molar-refractivity contribution in [3.8, 4) is 0 Å². The molecular formula is C17H21N7O. The van der Waals surface area contributed by atoms with Crippen LogP contribution in [0.2, 0.25) is 0 Å². The molecule has 5 rings (SSSR count). The number of hydrogen-bond acceptors (Lipinski definition) is 5. The Hall–Kier alpha value is -2.64. The summed E-state index contributed by atoms with van der Waals surface area (Å²) in [5.74, 6) is 1.74. The number of anilines is 1. The van der Waals surface area contributed by atoms with Crippen molar-refractivity contribution in [2.75, 3.05) is 18.0 Å². The quantitative estimate of drug-likeness (QED) is 0.737. The van der Waals surface area contributed by atoms with Gasteiger partial charge in [-0.05, 0) is 39.0 Å². The molecule has 1 aliphatic heterocycles. The summed E-state index contributed by atoms with van der Waals surface area (Å²) >= 11 is 0. The molecule has 8 nitrogen and oxygen atoms in total. The van der Waals surface area contributed by atoms with Gasteiger partial charge in [0.2, 0.25) is 5.95 Å². The van der Waals surface area contributed by atoms with Crippen LogP contribution in [0.1, 0.15) is 42.5 Å². The number of aromatic nitrogens is 6. The highest BCUT2D eigenvalue weighted by Gasteiger charge is 2.30. The van der Waals surface area contributed by atoms with Crippen molar-refractivity contribution in [3.63, 3.8) is 0 Å². The number of hydrogen-bond donors (Lipinski definition) is 2. The Balaban J connectivity index is 1.46. The van der Waals surface area contributed by atoms with E-state index < -0.39 is 0 Å². The van der Waals surface area contributed by atoms with Gasteiger partial charge in [0.1, 0.15) is 11.2 Å². The number of rotatable bonds is 2. The van der Waals surface area contributed by atoms with Gasteiger partial charge in [0.25, 0.3) is 5.56 Å². The summed E-state index contributed by atoms with van der Waals surface area (Å²) in [6.07, 6.45) is 7.27. The van der Waals surface area contributed by atoms with Crippen LogP contribution in [0.15, 0.2) is 11.0 Å². The van der Waals surface area contributed by atoms with Crippen molar-refractivity contribution in [1.82, 2.24) is 29.7 Å². The average molecular weight is 339 g/mol. The third-order valence-corrected chi connectivity index (χ3v) is 5.48. The Morgan fingerprint density at radius 3 is 3.04 bits per heavy atom. The van der Waals surface area contributed by atoms with E-state index in [2.05, 4.69) is 36.6 Å². The van der Waals surface area contributed by atoms with Crippen LogP contribution in [-0.4, -0.2) is 42.8 Å². The van der Waals surface area contributed by atoms with Gasteiger partial charge >= 0.3 is 0 Å². The first kappa shape index (κ1) is 14.7. The molecule has 3 aromatic heterocycles. The summed E-state index contributed by atoms with van der Waals surface area (Å²) in [5.41, 5.74) is 3.10. The van der Waals surface area contributed by atoms with Crippen LogP contribution in [0.5, 0.6) is 0 Å². The predicted molar refractivity (Wildman–Crippen MR) is 94.0 cm³/mol. The van der Waals surface area contributed by atoms with Crippen molar-refractivity contribution in [2.45, 2.75) is 45.1 Å². The fraction of sp³-hybridized carbons (Fsp3) is 0.529. The van der Waals surface area contributed by atoms with E-state index >= 15 is 0 Å². The largest absolute Gasteiger partial charge is 0.340 e. The summed E-state index contributed by atoms with van der Waals surface area (Å²) < 4.78 is 2.43. The number of aryl methyl sites for hydroxylation is 2. The Labute approximate surface area is 144 Å². The molecule has 130 valence electrons. The maximum atomic E-state index is 12.2. The van der Waals surface area contributed by atoms with E-state index in [1.807, 2.05) is 0 Å². The SMILES string of the molecule is Cc1nc2c(n1C1CCN(c3nc4[nH]ncc4c(=O)[nH]3)C1)CCCC2. The molecule has 2 N–H and O–H groups in total. The minimum Gasteiger partial charge on any atom is -0.340 e. The average Bonchev–Trinajstić information content (AvgIpc) is 3.31. The highest BCUT2D eigenvalue weighted by Crippen LogP contribution is 2.31. The fourth-order valence-corrected chi connectivity index (χ4v) is 4.31. The number of fused-ring (bicyclic) bond motifs is 2. The van der Waals surface area contributed by atoms with Gasteiger partial charge < -0.3 is 9.47 Å².